The monoisotopic (exact) mass is 554 g/mol. The number of aliphatic carboxylic acids is 1. The molecule has 2 aliphatic heterocycles. The smallest absolute Gasteiger partial charge is 0.480 e. The number of hydrogen-bond acceptors (Lipinski definition) is 7. The van der Waals surface area contributed by atoms with Crippen LogP contribution in [-0.4, -0.2) is 75.4 Å². The molecule has 3 atom stereocenters. The Bertz CT molecular complexity index is 1270. The minimum atomic E-state index is -4.92. The third-order valence-corrected chi connectivity index (χ3v) is 6.25. The summed E-state index contributed by atoms with van der Waals surface area (Å²) in [4.78, 5) is 46.1. The van der Waals surface area contributed by atoms with Gasteiger partial charge in [0, 0.05) is 24.7 Å². The zero-order valence-corrected chi connectivity index (χ0v) is 20.8. The molecule has 2 aliphatic rings. The molecular formula is C24H22ClF3N4O6. The highest BCUT2D eigenvalue weighted by Crippen LogP contribution is 2.33. The Morgan fingerprint density at radius 2 is 1.82 bits per heavy atom. The Balaban J connectivity index is 1.71. The van der Waals surface area contributed by atoms with E-state index in [0.717, 1.165) is 17.0 Å². The van der Waals surface area contributed by atoms with E-state index in [0.29, 0.717) is 15.5 Å². The molecule has 202 valence electrons. The first kappa shape index (κ1) is 27.0. The number of nitrogens with zero attached hydrogens (tertiary/aromatic N) is 4. The van der Waals surface area contributed by atoms with Crippen LogP contribution in [-0.2, 0) is 16.1 Å². The van der Waals surface area contributed by atoms with Crippen molar-refractivity contribution in [3.05, 3.63) is 59.1 Å². The quantitative estimate of drug-likeness (QED) is 0.552. The third kappa shape index (κ3) is 5.47. The van der Waals surface area contributed by atoms with Gasteiger partial charge in [-0.1, -0.05) is 36.7 Å². The van der Waals surface area contributed by atoms with Gasteiger partial charge >= 0.3 is 18.4 Å². The average molecular weight is 555 g/mol. The Morgan fingerprint density at radius 3 is 2.42 bits per heavy atom. The van der Waals surface area contributed by atoms with Crippen molar-refractivity contribution in [2.45, 2.75) is 44.5 Å². The van der Waals surface area contributed by atoms with Gasteiger partial charge in [-0.3, -0.25) is 4.79 Å². The van der Waals surface area contributed by atoms with Crippen molar-refractivity contribution >= 4 is 35.5 Å². The molecule has 38 heavy (non-hydrogen) atoms. The lowest BCUT2D eigenvalue weighted by Crippen LogP contribution is -2.67. The van der Waals surface area contributed by atoms with Crippen LogP contribution in [0.5, 0.6) is 11.5 Å². The van der Waals surface area contributed by atoms with E-state index in [1.165, 1.54) is 31.0 Å². The van der Waals surface area contributed by atoms with Crippen LogP contribution in [0.2, 0.25) is 5.02 Å². The summed E-state index contributed by atoms with van der Waals surface area (Å²) >= 11 is 5.98. The summed E-state index contributed by atoms with van der Waals surface area (Å²) in [6.07, 6.45) is -6.02. The summed E-state index contributed by atoms with van der Waals surface area (Å²) in [5.41, 5.74) is 0.671. The molecule has 2 aromatic rings. The normalized spacial score (nSPS) is 20.3. The summed E-state index contributed by atoms with van der Waals surface area (Å²) in [5, 5.41) is 10.1. The van der Waals surface area contributed by atoms with Crippen LogP contribution in [0.1, 0.15) is 18.9 Å². The minimum absolute atomic E-state index is 0.0224. The van der Waals surface area contributed by atoms with Crippen molar-refractivity contribution in [2.24, 2.45) is 4.99 Å². The molecule has 1 fully saturated rings. The van der Waals surface area contributed by atoms with E-state index < -0.39 is 48.3 Å². The van der Waals surface area contributed by atoms with Crippen molar-refractivity contribution in [3.63, 3.8) is 0 Å². The number of benzene rings is 2. The number of aliphatic imine (C=N–C) groups is 1. The molecule has 1 N–H and O–H groups in total. The number of carbonyl (C=O) groups is 3. The largest absolute Gasteiger partial charge is 0.573 e. The van der Waals surface area contributed by atoms with Crippen LogP contribution in [0.4, 0.5) is 18.0 Å². The van der Waals surface area contributed by atoms with E-state index in [1.54, 1.807) is 24.3 Å². The van der Waals surface area contributed by atoms with Crippen LogP contribution in [0.25, 0.3) is 0 Å². The zero-order valence-electron chi connectivity index (χ0n) is 20.1. The second kappa shape index (κ2) is 10.4. The lowest BCUT2D eigenvalue weighted by Gasteiger charge is -2.42. The van der Waals surface area contributed by atoms with Gasteiger partial charge in [0.1, 0.15) is 17.5 Å². The number of carbonyl (C=O) groups excluding carboxylic acids is 2. The molecule has 10 nitrogen and oxygen atoms in total. The molecule has 0 aromatic heterocycles. The molecule has 14 heteroatoms. The molecule has 4 rings (SSSR count). The van der Waals surface area contributed by atoms with Gasteiger partial charge < -0.3 is 24.4 Å². The first-order valence-corrected chi connectivity index (χ1v) is 11.7. The standard InChI is InChI=1S/C24H22ClF3N4O6/c1-3-17(21(34)35)32-20(33)18-19(30(2)23(32)36)29-22(31(18)12-13-7-9-14(25)10-8-13)37-15-5-4-6-16(11-15)38-24(26,27)28/h4-11,17-19H,3,12H2,1-2H3,(H,34,35). The van der Waals surface area contributed by atoms with Crippen LogP contribution in [0.15, 0.2) is 53.5 Å². The number of carboxylic acids is 1. The van der Waals surface area contributed by atoms with E-state index in [9.17, 15) is 32.7 Å². The van der Waals surface area contributed by atoms with Crippen LogP contribution in [0.3, 0.4) is 0 Å². The highest BCUT2D eigenvalue weighted by atomic mass is 35.5. The lowest BCUT2D eigenvalue weighted by atomic mass is 10.0. The van der Waals surface area contributed by atoms with Gasteiger partial charge in [0.2, 0.25) is 0 Å². The van der Waals surface area contributed by atoms with Gasteiger partial charge in [0.15, 0.2) is 12.2 Å². The van der Waals surface area contributed by atoms with E-state index in [2.05, 4.69) is 9.73 Å². The molecule has 0 bridgehead atoms. The number of amidine groups is 1. The SMILES string of the molecule is CCC(C(=O)O)N1C(=O)C2C(N=C(Oc3cccc(OC(F)(F)F)c3)N2Cc2ccc(Cl)cc2)N(C)C1=O. The van der Waals surface area contributed by atoms with E-state index in [-0.39, 0.29) is 24.7 Å². The lowest BCUT2D eigenvalue weighted by molar-refractivity contribution is -0.274. The summed E-state index contributed by atoms with van der Waals surface area (Å²) in [6.45, 7) is 1.56. The summed E-state index contributed by atoms with van der Waals surface area (Å²) < 4.78 is 47.8. The maximum Gasteiger partial charge on any atom is 0.573 e. The van der Waals surface area contributed by atoms with Crippen LogP contribution in [0, 0.1) is 0 Å². The fourth-order valence-corrected chi connectivity index (χ4v) is 4.38. The molecule has 0 saturated carbocycles. The Hall–Kier alpha value is -4.00. The van der Waals surface area contributed by atoms with Crippen molar-refractivity contribution < 1.29 is 42.1 Å². The van der Waals surface area contributed by atoms with Gasteiger partial charge in [0.25, 0.3) is 11.9 Å². The molecule has 2 heterocycles. The topological polar surface area (TPSA) is 112 Å². The summed E-state index contributed by atoms with van der Waals surface area (Å²) in [7, 11) is 1.37. The third-order valence-electron chi connectivity index (χ3n) is 6.00. The van der Waals surface area contributed by atoms with Crippen molar-refractivity contribution in [3.8, 4) is 11.5 Å². The molecule has 3 amide bonds. The molecule has 2 aromatic carbocycles. The second-order valence-electron chi connectivity index (χ2n) is 8.51. The number of urea groups is 1. The number of imide groups is 1. The van der Waals surface area contributed by atoms with Crippen molar-refractivity contribution in [2.75, 3.05) is 7.05 Å². The molecule has 0 spiro atoms. The minimum Gasteiger partial charge on any atom is -0.480 e. The zero-order chi connectivity index (χ0) is 27.8. The first-order chi connectivity index (χ1) is 17.9. The second-order valence-corrected chi connectivity index (χ2v) is 8.95. The number of ether oxygens (including phenoxy) is 2. The predicted octanol–water partition coefficient (Wildman–Crippen LogP) is 3.94. The Morgan fingerprint density at radius 1 is 1.16 bits per heavy atom. The van der Waals surface area contributed by atoms with Gasteiger partial charge in [-0.15, -0.1) is 13.2 Å². The molecule has 0 radical (unpaired) electrons. The Kier molecular flexibility index (Phi) is 7.40. The number of halogens is 4. The number of rotatable bonds is 7. The van der Waals surface area contributed by atoms with E-state index in [1.807, 2.05) is 0 Å². The summed E-state index contributed by atoms with van der Waals surface area (Å²) in [5.74, 6) is -2.74. The number of fused-ring (bicyclic) bond motifs is 1. The average Bonchev–Trinajstić information content (AvgIpc) is 3.18. The van der Waals surface area contributed by atoms with Crippen LogP contribution >= 0.6 is 11.6 Å². The maximum absolute atomic E-state index is 13.6. The number of likely N-dealkylation sites (N-methyl/N-ethyl adjacent to an activating group) is 1. The fourth-order valence-electron chi connectivity index (χ4n) is 4.25. The highest BCUT2D eigenvalue weighted by molar-refractivity contribution is 6.30. The number of hydrogen-bond donors (Lipinski definition) is 1. The molecule has 0 aliphatic carbocycles. The number of alkyl halides is 3. The fraction of sp³-hybridized carbons (Fsp3) is 0.333. The first-order valence-electron chi connectivity index (χ1n) is 11.3. The van der Waals surface area contributed by atoms with Crippen molar-refractivity contribution in [1.82, 2.24) is 14.7 Å². The Labute approximate surface area is 219 Å². The van der Waals surface area contributed by atoms with Gasteiger partial charge in [-0.2, -0.15) is 0 Å². The molecule has 1 saturated heterocycles. The van der Waals surface area contributed by atoms with Gasteiger partial charge in [-0.05, 0) is 36.2 Å². The molecular weight excluding hydrogens is 533 g/mol. The van der Waals surface area contributed by atoms with Gasteiger partial charge in [-0.25, -0.2) is 19.5 Å². The summed E-state index contributed by atoms with van der Waals surface area (Å²) in [6, 6.07) is 7.81. The highest BCUT2D eigenvalue weighted by Gasteiger charge is 2.55. The molecule has 3 unspecified atom stereocenters. The van der Waals surface area contributed by atoms with E-state index >= 15 is 0 Å². The number of amides is 3. The van der Waals surface area contributed by atoms with Crippen molar-refractivity contribution in [1.29, 1.82) is 0 Å². The van der Waals surface area contributed by atoms with Crippen LogP contribution < -0.4 is 9.47 Å². The van der Waals surface area contributed by atoms with Gasteiger partial charge in [0.05, 0.1) is 0 Å². The van der Waals surface area contributed by atoms with E-state index in [4.69, 9.17) is 16.3 Å². The predicted molar refractivity (Wildman–Crippen MR) is 127 cm³/mol. The maximum atomic E-state index is 13.6. The number of carboxylic acid groups (broad SMARTS) is 1.